The second kappa shape index (κ2) is 20.1. The molecule has 4 heterocycles. The van der Waals surface area contributed by atoms with E-state index in [2.05, 4.69) is 18.2 Å². The number of hydrogen-bond donors (Lipinski definition) is 2. The number of nitrogens with two attached hydrogens (primary N) is 1. The van der Waals surface area contributed by atoms with Crippen molar-refractivity contribution in [1.29, 1.82) is 0 Å². The van der Waals surface area contributed by atoms with Gasteiger partial charge in [-0.1, -0.05) is 58.1 Å². The average molecular weight is 892 g/mol. The summed E-state index contributed by atoms with van der Waals surface area (Å²) in [5, 5.41) is 12.8. The molecular weight excluding hydrogens is 841 g/mol. The Morgan fingerprint density at radius 2 is 1.28 bits per heavy atom. The zero-order valence-electron chi connectivity index (χ0n) is 34.1. The first-order valence-electron chi connectivity index (χ1n) is 20.7. The van der Waals surface area contributed by atoms with Gasteiger partial charge in [0.1, 0.15) is 0 Å². The number of rotatable bonds is 5. The van der Waals surface area contributed by atoms with Crippen molar-refractivity contribution >= 4 is 69.9 Å². The highest BCUT2D eigenvalue weighted by atomic mass is 35.5. The fourth-order valence-corrected chi connectivity index (χ4v) is 10.2. The topological polar surface area (TPSA) is 122 Å². The summed E-state index contributed by atoms with van der Waals surface area (Å²) in [6, 6.07) is 15.9. The highest BCUT2D eigenvalue weighted by Crippen LogP contribution is 2.42. The number of nitrogens with zero attached hydrogens (tertiary/aromatic N) is 4. The molecule has 0 bridgehead atoms. The van der Waals surface area contributed by atoms with Crippen LogP contribution in [0.4, 0.5) is 9.59 Å². The third-order valence-corrected chi connectivity index (χ3v) is 13.4. The largest absolute Gasteiger partial charge is 0.450 e. The Hall–Kier alpha value is -4.26. The maximum Gasteiger partial charge on any atom is 0.409 e. The summed E-state index contributed by atoms with van der Waals surface area (Å²) in [6.07, 6.45) is 9.41. The van der Waals surface area contributed by atoms with E-state index in [1.54, 1.807) is 33.8 Å². The molecule has 14 heteroatoms. The first kappa shape index (κ1) is 43.8. The van der Waals surface area contributed by atoms with Crippen molar-refractivity contribution in [3.05, 3.63) is 132 Å². The molecule has 2 aromatic carbocycles. The number of likely N-dealkylation sites (tertiary alicyclic amines) is 2. The lowest BCUT2D eigenvalue weighted by molar-refractivity contribution is -0.906. The number of amides is 2. The van der Waals surface area contributed by atoms with E-state index in [0.717, 1.165) is 76.5 Å². The van der Waals surface area contributed by atoms with E-state index < -0.39 is 0 Å². The number of hydrogen-bond acceptors (Lipinski definition) is 8. The molecule has 0 atom stereocenters. The molecule has 2 aliphatic carbocycles. The number of halogens is 3. The molecule has 2 saturated heterocycles. The number of carbonyl (C=O) groups is 2. The van der Waals surface area contributed by atoms with E-state index >= 15 is 0 Å². The molecule has 0 unspecified atom stereocenters. The molecule has 2 fully saturated rings. The van der Waals surface area contributed by atoms with Gasteiger partial charge in [-0.25, -0.2) is 9.59 Å². The minimum absolute atomic E-state index is 0.224. The van der Waals surface area contributed by atoms with Crippen molar-refractivity contribution in [2.24, 2.45) is 5.73 Å². The molecule has 4 aromatic rings. The number of aryl methyl sites for hydroxylation is 2. The molecule has 0 radical (unpaired) electrons. The van der Waals surface area contributed by atoms with Gasteiger partial charge in [-0.3, -0.25) is 10.2 Å². The number of carbonyl (C=O) groups excluding carboxylic acids is 2. The van der Waals surface area contributed by atoms with Gasteiger partial charge in [-0.05, 0) is 123 Å². The van der Waals surface area contributed by atoms with Gasteiger partial charge in [0, 0.05) is 81.5 Å². The summed E-state index contributed by atoms with van der Waals surface area (Å²) in [5.74, 6) is 0.885. The van der Waals surface area contributed by atoms with Crippen LogP contribution in [0.5, 0.6) is 0 Å². The molecule has 60 heavy (non-hydrogen) atoms. The van der Waals surface area contributed by atoms with Gasteiger partial charge >= 0.3 is 12.2 Å². The fraction of sp³-hybridized carbons (Fsp3) is 0.391. The summed E-state index contributed by atoms with van der Waals surface area (Å²) in [5.41, 5.74) is 19.2. The lowest BCUT2D eigenvalue weighted by Crippen LogP contribution is -2.38. The van der Waals surface area contributed by atoms with Crippen LogP contribution in [0.2, 0.25) is 15.1 Å². The molecule has 4 aliphatic rings. The summed E-state index contributed by atoms with van der Waals surface area (Å²) in [6.45, 7) is 7.56. The molecular formula is C46H51Cl3N5O5S+. The second-order valence-electron chi connectivity index (χ2n) is 15.0. The van der Waals surface area contributed by atoms with Gasteiger partial charge in [-0.2, -0.15) is 0 Å². The fourth-order valence-electron chi connectivity index (χ4n) is 8.67. The number of thioether (sulfide) groups is 1. The van der Waals surface area contributed by atoms with Crippen LogP contribution in [-0.2, 0) is 35.2 Å². The quantitative estimate of drug-likeness (QED) is 0.116. The number of fused-ring (bicyclic) bond motifs is 4. The van der Waals surface area contributed by atoms with Crippen LogP contribution in [0.3, 0.4) is 0 Å². The molecule has 10 nitrogen and oxygen atoms in total. The predicted molar refractivity (Wildman–Crippen MR) is 238 cm³/mol. The molecule has 2 amide bonds. The van der Waals surface area contributed by atoms with Gasteiger partial charge in [-0.15, -0.1) is 11.8 Å². The first-order valence-corrected chi connectivity index (χ1v) is 22.8. The van der Waals surface area contributed by atoms with Crippen LogP contribution in [0.15, 0.2) is 77.0 Å². The van der Waals surface area contributed by atoms with Crippen molar-refractivity contribution in [2.45, 2.75) is 70.1 Å². The summed E-state index contributed by atoms with van der Waals surface area (Å²) in [7, 11) is 0. The Bertz CT molecular complexity index is 2320. The lowest BCUT2D eigenvalue weighted by atomic mass is 9.88. The molecule has 8 rings (SSSR count). The number of piperidine rings is 2. The van der Waals surface area contributed by atoms with Crippen LogP contribution in [-0.4, -0.2) is 83.9 Å². The Labute approximate surface area is 371 Å². The van der Waals surface area contributed by atoms with E-state index in [9.17, 15) is 14.8 Å². The maximum absolute atomic E-state index is 12.2. The number of aromatic nitrogens is 2. The predicted octanol–water partition coefficient (Wildman–Crippen LogP) is 9.61. The molecule has 2 aliphatic heterocycles. The molecule has 0 spiro atoms. The number of pyridine rings is 2. The Morgan fingerprint density at radius 3 is 1.83 bits per heavy atom. The first-order chi connectivity index (χ1) is 29.1. The summed E-state index contributed by atoms with van der Waals surface area (Å²) >= 11 is 20.9. The lowest BCUT2D eigenvalue weighted by Gasteiger charge is -2.29. The van der Waals surface area contributed by atoms with Crippen molar-refractivity contribution < 1.29 is 29.0 Å². The normalized spacial score (nSPS) is 16.0. The van der Waals surface area contributed by atoms with E-state index in [-0.39, 0.29) is 12.2 Å². The monoisotopic (exact) mass is 890 g/mol. The molecule has 316 valence electrons. The third kappa shape index (κ3) is 9.61. The third-order valence-electron chi connectivity index (χ3n) is 11.5. The van der Waals surface area contributed by atoms with E-state index in [0.29, 0.717) is 75.2 Å². The summed E-state index contributed by atoms with van der Waals surface area (Å²) < 4.78 is 11.5. The SMILES string of the molecule is CCOC(=O)N1CCC(=C2c3ccc(Cl)cc3CCc3c(Cl)cc[n+](O)c32)CC1.CCOC(=O)N1CCC(=C2c3ccc(Cl)cc3CCc3c(SCCN)ccnc32)CC1. The van der Waals surface area contributed by atoms with E-state index in [1.807, 2.05) is 44.3 Å². The standard InChI is InChI=1S/C24H28ClN3O2S.C22H23Cl2N2O3/c1-2-30-24(29)28-12-8-16(9-13-28)22-19-6-4-18(25)15-17(19)3-5-20-21(31-14-10-26)7-11-27-23(20)22;1-2-29-22(27)25-10-7-14(8-11-25)20-17-6-4-16(23)13-15(17)3-5-18-19(24)9-12-26(28)21(18)20/h4,6-7,11,15H,2-3,5,8-10,12-14,26H2,1H3;4,6,9,12-13,28H,2-3,5,7-8,10-11H2,1H3/q;+1. The average Bonchev–Trinajstić information content (AvgIpc) is 3.53. The van der Waals surface area contributed by atoms with Crippen molar-refractivity contribution in [3.63, 3.8) is 0 Å². The van der Waals surface area contributed by atoms with Gasteiger partial charge < -0.3 is 25.0 Å². The minimum atomic E-state index is -0.273. The minimum Gasteiger partial charge on any atom is -0.450 e. The van der Waals surface area contributed by atoms with E-state index in [4.69, 9.17) is 55.0 Å². The number of benzene rings is 2. The van der Waals surface area contributed by atoms with E-state index in [1.165, 1.54) is 43.0 Å². The van der Waals surface area contributed by atoms with Gasteiger partial charge in [0.15, 0.2) is 0 Å². The van der Waals surface area contributed by atoms with Crippen molar-refractivity contribution in [2.75, 3.05) is 51.7 Å². The molecule has 3 N–H and O–H groups in total. The van der Waals surface area contributed by atoms with Gasteiger partial charge in [0.2, 0.25) is 6.20 Å². The van der Waals surface area contributed by atoms with Crippen molar-refractivity contribution in [1.82, 2.24) is 14.8 Å². The maximum atomic E-state index is 12.2. The molecule has 0 saturated carbocycles. The second-order valence-corrected chi connectivity index (χ2v) is 17.5. The van der Waals surface area contributed by atoms with Crippen LogP contribution < -0.4 is 10.5 Å². The summed E-state index contributed by atoms with van der Waals surface area (Å²) in [4.78, 5) is 33.9. The highest BCUT2D eigenvalue weighted by Gasteiger charge is 2.34. The smallest absolute Gasteiger partial charge is 0.409 e. The Balaban J connectivity index is 0.000000182. The van der Waals surface area contributed by atoms with Crippen LogP contribution in [0.25, 0.3) is 11.1 Å². The van der Waals surface area contributed by atoms with Crippen molar-refractivity contribution in [3.8, 4) is 0 Å². The van der Waals surface area contributed by atoms with Crippen LogP contribution >= 0.6 is 46.6 Å². The zero-order valence-corrected chi connectivity index (χ0v) is 37.2. The van der Waals surface area contributed by atoms with Gasteiger partial charge in [0.25, 0.3) is 5.69 Å². The Kier molecular flexibility index (Phi) is 14.7. The highest BCUT2D eigenvalue weighted by molar-refractivity contribution is 7.99. The Morgan fingerprint density at radius 1 is 0.750 bits per heavy atom. The number of ether oxygens (including phenoxy) is 2. The van der Waals surface area contributed by atoms with Crippen LogP contribution in [0.1, 0.15) is 84.3 Å². The molecule has 2 aromatic heterocycles. The van der Waals surface area contributed by atoms with Gasteiger partial charge in [0.05, 0.1) is 29.5 Å². The van der Waals surface area contributed by atoms with Crippen LogP contribution in [0, 0.1) is 0 Å². The zero-order chi connectivity index (χ0) is 42.3.